The van der Waals surface area contributed by atoms with Gasteiger partial charge in [0.25, 0.3) is 0 Å². The summed E-state index contributed by atoms with van der Waals surface area (Å²) in [6, 6.07) is 0. The smallest absolute Gasteiger partial charge is 0.308 e. The predicted octanol–water partition coefficient (Wildman–Crippen LogP) is 0.242. The first-order chi connectivity index (χ1) is 5.68. The number of aliphatic carboxylic acids is 1. The van der Waals surface area contributed by atoms with Gasteiger partial charge in [0.2, 0.25) is 0 Å². The molecule has 68 valence electrons. The normalized spacial score (nSPS) is 27.1. The van der Waals surface area contributed by atoms with Gasteiger partial charge in [-0.2, -0.15) is 5.48 Å². The topological polar surface area (TPSA) is 67.8 Å². The zero-order chi connectivity index (χ0) is 9.03. The highest BCUT2D eigenvalue weighted by atomic mass is 16.7. The van der Waals surface area contributed by atoms with Crippen molar-refractivity contribution in [2.45, 2.75) is 18.6 Å². The van der Waals surface area contributed by atoms with Crippen LogP contribution in [0.4, 0.5) is 0 Å². The molecule has 5 nitrogen and oxygen atoms in total. The summed E-state index contributed by atoms with van der Waals surface area (Å²) in [5.74, 6) is -0.928. The Hall–Kier alpha value is -1.07. The molecule has 2 N–H and O–H groups in total. The van der Waals surface area contributed by atoms with Crippen molar-refractivity contribution in [2.24, 2.45) is 0 Å². The zero-order valence-electron chi connectivity index (χ0n) is 6.74. The maximum Gasteiger partial charge on any atom is 0.308 e. The third-order valence-corrected chi connectivity index (χ3v) is 1.56. The fourth-order valence-corrected chi connectivity index (χ4v) is 1.11. The maximum absolute atomic E-state index is 10.4. The summed E-state index contributed by atoms with van der Waals surface area (Å²) in [6.45, 7) is 0. The van der Waals surface area contributed by atoms with E-state index in [2.05, 4.69) is 10.3 Å². The van der Waals surface area contributed by atoms with Gasteiger partial charge in [0.05, 0.1) is 13.4 Å². The number of hydrogen-bond acceptors (Lipinski definition) is 4. The minimum absolute atomic E-state index is 0.131. The molecule has 0 radical (unpaired) electrons. The molecule has 0 bridgehead atoms. The van der Waals surface area contributed by atoms with Crippen molar-refractivity contribution in [3.8, 4) is 0 Å². The molecule has 0 aromatic rings. The molecular formula is C7H11NO4. The van der Waals surface area contributed by atoms with E-state index in [4.69, 9.17) is 9.84 Å². The molecule has 1 atom stereocenters. The molecule has 5 heteroatoms. The highest BCUT2D eigenvalue weighted by Gasteiger charge is 2.35. The minimum Gasteiger partial charge on any atom is -0.481 e. The average Bonchev–Trinajstić information content (AvgIpc) is 2.36. The third-order valence-electron chi connectivity index (χ3n) is 1.56. The summed E-state index contributed by atoms with van der Waals surface area (Å²) in [5, 5.41) is 8.56. The molecule has 12 heavy (non-hydrogen) atoms. The van der Waals surface area contributed by atoms with Gasteiger partial charge in [-0.15, -0.1) is 0 Å². The number of hydroxylamine groups is 1. The lowest BCUT2D eigenvalue weighted by Gasteiger charge is -2.26. The largest absolute Gasteiger partial charge is 0.481 e. The molecule has 0 saturated heterocycles. The summed E-state index contributed by atoms with van der Waals surface area (Å²) >= 11 is 0. The fourth-order valence-electron chi connectivity index (χ4n) is 1.11. The lowest BCUT2D eigenvalue weighted by atomic mass is 10.1. The summed E-state index contributed by atoms with van der Waals surface area (Å²) < 4.78 is 5.09. The van der Waals surface area contributed by atoms with Crippen LogP contribution in [0.2, 0.25) is 0 Å². The number of carboxylic acid groups (broad SMARTS) is 1. The number of hydrogen-bond donors (Lipinski definition) is 2. The Morgan fingerprint density at radius 3 is 3.08 bits per heavy atom. The average molecular weight is 173 g/mol. The van der Waals surface area contributed by atoms with E-state index in [1.165, 1.54) is 13.4 Å². The summed E-state index contributed by atoms with van der Waals surface area (Å²) in [5.41, 5.74) is 1.61. The Labute approximate surface area is 69.9 Å². The summed E-state index contributed by atoms with van der Waals surface area (Å²) in [7, 11) is 1.42. The Bertz CT molecular complexity index is 194. The van der Waals surface area contributed by atoms with Crippen LogP contribution in [0.1, 0.15) is 12.8 Å². The third kappa shape index (κ3) is 1.96. The number of rotatable bonds is 4. The second-order valence-electron chi connectivity index (χ2n) is 2.56. The van der Waals surface area contributed by atoms with Crippen molar-refractivity contribution in [3.05, 3.63) is 12.3 Å². The summed E-state index contributed by atoms with van der Waals surface area (Å²) in [6.07, 6.45) is 3.57. The van der Waals surface area contributed by atoms with E-state index in [-0.39, 0.29) is 6.42 Å². The Morgan fingerprint density at radius 2 is 2.67 bits per heavy atom. The Kier molecular flexibility index (Phi) is 2.67. The van der Waals surface area contributed by atoms with Crippen molar-refractivity contribution in [2.75, 3.05) is 7.11 Å². The van der Waals surface area contributed by atoms with E-state index < -0.39 is 11.7 Å². The van der Waals surface area contributed by atoms with Gasteiger partial charge < -0.3 is 14.7 Å². The molecule has 1 aliphatic heterocycles. The first-order valence-corrected chi connectivity index (χ1v) is 3.53. The van der Waals surface area contributed by atoms with Crippen LogP contribution >= 0.6 is 0 Å². The Balaban J connectivity index is 2.54. The maximum atomic E-state index is 10.4. The zero-order valence-corrected chi connectivity index (χ0v) is 6.74. The molecule has 1 rings (SSSR count). The van der Waals surface area contributed by atoms with E-state index in [1.54, 1.807) is 6.08 Å². The van der Waals surface area contributed by atoms with Crippen molar-refractivity contribution in [1.82, 2.24) is 5.48 Å². The number of ether oxygens (including phenoxy) is 1. The minimum atomic E-state index is -0.928. The van der Waals surface area contributed by atoms with E-state index in [0.717, 1.165) is 0 Å². The second-order valence-corrected chi connectivity index (χ2v) is 2.56. The number of nitrogens with one attached hydrogen (secondary N) is 1. The van der Waals surface area contributed by atoms with Gasteiger partial charge in [-0.05, 0) is 6.08 Å². The van der Waals surface area contributed by atoms with Crippen molar-refractivity contribution in [3.63, 3.8) is 0 Å². The fraction of sp³-hybridized carbons (Fsp3) is 0.571. The standard InChI is InChI=1S/C7H11NO4/c1-11-8-7(5-6(9)10)3-2-4-12-7/h2,4,8H,3,5H2,1H3,(H,9,10). The SMILES string of the molecule is CONC1(CC(=O)O)CC=CO1. The van der Waals surface area contributed by atoms with Gasteiger partial charge in [0.15, 0.2) is 5.72 Å². The number of carboxylic acids is 1. The highest BCUT2D eigenvalue weighted by Crippen LogP contribution is 2.23. The van der Waals surface area contributed by atoms with Crippen LogP contribution in [0.3, 0.4) is 0 Å². The lowest BCUT2D eigenvalue weighted by molar-refractivity contribution is -0.154. The molecule has 0 amide bonds. The molecule has 1 aliphatic rings. The molecule has 0 aromatic carbocycles. The van der Waals surface area contributed by atoms with Crippen molar-refractivity contribution < 1.29 is 19.5 Å². The van der Waals surface area contributed by atoms with Crippen LogP contribution in [0.15, 0.2) is 12.3 Å². The number of carbonyl (C=O) groups is 1. The van der Waals surface area contributed by atoms with E-state index in [9.17, 15) is 4.79 Å². The van der Waals surface area contributed by atoms with Gasteiger partial charge in [0.1, 0.15) is 6.42 Å². The first-order valence-electron chi connectivity index (χ1n) is 3.53. The summed E-state index contributed by atoms with van der Waals surface area (Å²) in [4.78, 5) is 15.1. The molecule has 0 spiro atoms. The van der Waals surface area contributed by atoms with Crippen LogP contribution < -0.4 is 5.48 Å². The van der Waals surface area contributed by atoms with Gasteiger partial charge in [-0.25, -0.2) is 0 Å². The lowest BCUT2D eigenvalue weighted by Crippen LogP contribution is -2.45. The Morgan fingerprint density at radius 1 is 1.92 bits per heavy atom. The molecule has 0 aromatic heterocycles. The van der Waals surface area contributed by atoms with E-state index >= 15 is 0 Å². The second kappa shape index (κ2) is 3.55. The molecular weight excluding hydrogens is 162 g/mol. The van der Waals surface area contributed by atoms with Crippen LogP contribution in [-0.4, -0.2) is 23.9 Å². The van der Waals surface area contributed by atoms with Crippen LogP contribution in [-0.2, 0) is 14.4 Å². The molecule has 1 unspecified atom stereocenters. The molecule has 1 heterocycles. The monoisotopic (exact) mass is 173 g/mol. The van der Waals surface area contributed by atoms with Crippen LogP contribution in [0, 0.1) is 0 Å². The highest BCUT2D eigenvalue weighted by molar-refractivity contribution is 5.68. The first kappa shape index (κ1) is 9.02. The van der Waals surface area contributed by atoms with Gasteiger partial charge in [-0.1, -0.05) is 0 Å². The van der Waals surface area contributed by atoms with Gasteiger partial charge in [0, 0.05) is 6.42 Å². The van der Waals surface area contributed by atoms with Crippen LogP contribution in [0.25, 0.3) is 0 Å². The van der Waals surface area contributed by atoms with Crippen LogP contribution in [0.5, 0.6) is 0 Å². The van der Waals surface area contributed by atoms with Gasteiger partial charge >= 0.3 is 5.97 Å². The molecule has 0 saturated carbocycles. The van der Waals surface area contributed by atoms with E-state index in [0.29, 0.717) is 6.42 Å². The van der Waals surface area contributed by atoms with Crippen molar-refractivity contribution >= 4 is 5.97 Å². The molecule has 0 fully saturated rings. The van der Waals surface area contributed by atoms with Crippen molar-refractivity contribution in [1.29, 1.82) is 0 Å². The van der Waals surface area contributed by atoms with Gasteiger partial charge in [-0.3, -0.25) is 4.79 Å². The predicted molar refractivity (Wildman–Crippen MR) is 40.0 cm³/mol. The quantitative estimate of drug-likeness (QED) is 0.596. The van der Waals surface area contributed by atoms with E-state index in [1.807, 2.05) is 0 Å². The molecule has 0 aliphatic carbocycles.